The second-order valence-corrected chi connectivity index (χ2v) is 12.1. The molecule has 0 aliphatic heterocycles. The first-order valence-corrected chi connectivity index (χ1v) is 13.8. The fourth-order valence-corrected chi connectivity index (χ4v) is 8.49. The summed E-state index contributed by atoms with van der Waals surface area (Å²) in [4.78, 5) is 12.2. The van der Waals surface area contributed by atoms with Gasteiger partial charge in [0.25, 0.3) is 0 Å². The predicted octanol–water partition coefficient (Wildman–Crippen LogP) is 4.55. The van der Waals surface area contributed by atoms with Crippen molar-refractivity contribution in [2.24, 2.45) is 46.3 Å². The fourth-order valence-electron chi connectivity index (χ4n) is 8.49. The zero-order valence-corrected chi connectivity index (χ0v) is 22.1. The third-order valence-corrected chi connectivity index (χ3v) is 10.0. The summed E-state index contributed by atoms with van der Waals surface area (Å²) in [6.45, 7) is 14.3. The van der Waals surface area contributed by atoms with Crippen LogP contribution < -0.4 is 22.1 Å². The molecule has 0 amide bonds. The van der Waals surface area contributed by atoms with Crippen molar-refractivity contribution in [1.82, 2.24) is 16.3 Å². The Kier molecular flexibility index (Phi) is 9.65. The van der Waals surface area contributed by atoms with Crippen LogP contribution in [0.2, 0.25) is 0 Å². The summed E-state index contributed by atoms with van der Waals surface area (Å²) in [5, 5.41) is 3.70. The summed E-state index contributed by atoms with van der Waals surface area (Å²) in [5.41, 5.74) is 6.34. The van der Waals surface area contributed by atoms with E-state index in [1.165, 1.54) is 51.4 Å². The van der Waals surface area contributed by atoms with Crippen LogP contribution in [0.5, 0.6) is 0 Å². The van der Waals surface area contributed by atoms with E-state index >= 15 is 0 Å². The Balaban J connectivity index is 1.64. The molecule has 0 aromatic heterocycles. The van der Waals surface area contributed by atoms with Crippen LogP contribution in [0, 0.1) is 40.4 Å². The zero-order chi connectivity index (χ0) is 24.1. The van der Waals surface area contributed by atoms with Gasteiger partial charge in [-0.15, -0.1) is 0 Å². The molecule has 6 heteroatoms. The summed E-state index contributed by atoms with van der Waals surface area (Å²) in [5.74, 6) is 9.31. The topological polar surface area (TPSA) is 88.4 Å². The molecule has 7 atom stereocenters. The lowest BCUT2D eigenvalue weighted by molar-refractivity contribution is -0.148. The lowest BCUT2D eigenvalue weighted by Crippen LogP contribution is -2.53. The van der Waals surface area contributed by atoms with Gasteiger partial charge in [-0.2, -0.15) is 5.53 Å². The first-order chi connectivity index (χ1) is 15.8. The molecule has 5 N–H and O–H groups in total. The van der Waals surface area contributed by atoms with Gasteiger partial charge >= 0.3 is 5.97 Å². The molecule has 0 saturated heterocycles. The van der Waals surface area contributed by atoms with Crippen LogP contribution in [0.1, 0.15) is 98.8 Å². The van der Waals surface area contributed by atoms with Crippen LogP contribution in [0.4, 0.5) is 0 Å². The Hall–Kier alpha value is -0.690. The van der Waals surface area contributed by atoms with Crippen LogP contribution in [0.3, 0.4) is 0 Å². The molecule has 0 spiro atoms. The van der Waals surface area contributed by atoms with Gasteiger partial charge in [0.15, 0.2) is 0 Å². The second-order valence-electron chi connectivity index (χ2n) is 12.1. The number of esters is 1. The number of hydrogen-bond donors (Lipinski definition) is 4. The van der Waals surface area contributed by atoms with Gasteiger partial charge < -0.3 is 10.1 Å². The van der Waals surface area contributed by atoms with Crippen molar-refractivity contribution < 1.29 is 9.53 Å². The molecule has 6 nitrogen and oxygen atoms in total. The first-order valence-electron chi connectivity index (χ1n) is 13.8. The quantitative estimate of drug-likeness (QED) is 0.147. The fraction of sp³-hybridized carbons (Fsp3) is 0.963. The van der Waals surface area contributed by atoms with Crippen molar-refractivity contribution in [1.29, 1.82) is 0 Å². The highest BCUT2D eigenvalue weighted by atomic mass is 16.5. The molecular weight excluding hydrogens is 412 g/mol. The Morgan fingerprint density at radius 2 is 1.82 bits per heavy atom. The average Bonchev–Trinajstić information content (AvgIpc) is 3.09. The van der Waals surface area contributed by atoms with Gasteiger partial charge in [0, 0.05) is 19.5 Å². The minimum Gasteiger partial charge on any atom is -0.463 e. The number of nitrogens with one attached hydrogen (secondary N) is 3. The van der Waals surface area contributed by atoms with E-state index < -0.39 is 0 Å². The van der Waals surface area contributed by atoms with E-state index in [-0.39, 0.29) is 12.1 Å². The maximum atomic E-state index is 12.2. The summed E-state index contributed by atoms with van der Waals surface area (Å²) in [6, 6.07) is 0. The van der Waals surface area contributed by atoms with Crippen molar-refractivity contribution in [2.45, 2.75) is 105 Å². The maximum absolute atomic E-state index is 12.2. The Morgan fingerprint density at radius 1 is 1.06 bits per heavy atom. The van der Waals surface area contributed by atoms with Gasteiger partial charge in [0.2, 0.25) is 0 Å². The summed E-state index contributed by atoms with van der Waals surface area (Å²) >= 11 is 0. The highest BCUT2D eigenvalue weighted by molar-refractivity contribution is 5.69. The van der Waals surface area contributed by atoms with Gasteiger partial charge in [0.05, 0.1) is 6.10 Å². The van der Waals surface area contributed by atoms with Crippen LogP contribution in [-0.4, -0.2) is 31.7 Å². The Labute approximate surface area is 202 Å². The molecule has 3 fully saturated rings. The normalized spacial score (nSPS) is 38.2. The molecule has 3 aliphatic rings. The number of carbonyl (C=O) groups excluding carboxylic acids is 1. The molecule has 3 aliphatic carbocycles. The van der Waals surface area contributed by atoms with Gasteiger partial charge in [-0.25, -0.2) is 5.43 Å². The second kappa shape index (κ2) is 11.8. The highest BCUT2D eigenvalue weighted by Gasteiger charge is 2.58. The predicted molar refractivity (Wildman–Crippen MR) is 135 cm³/mol. The summed E-state index contributed by atoms with van der Waals surface area (Å²) in [6.07, 6.45) is 12.3. The Bertz CT molecular complexity index is 629. The standard InChI is InChI=1S/C27H52N4O2/c1-6-14-26(4)21(18-29-16-17-30-31-28)7-10-22-23-11-8-20(9-12-25(32)33-19(2)3)27(23,5)15-13-24(22)26/h19-24,29-31H,6-18,28H2,1-5H3. The third-order valence-electron chi connectivity index (χ3n) is 10.0. The molecule has 192 valence electrons. The average molecular weight is 465 g/mol. The van der Waals surface area contributed by atoms with Crippen molar-refractivity contribution in [3.63, 3.8) is 0 Å². The number of nitrogens with two attached hydrogens (primary N) is 1. The number of hydrazine groups is 2. The number of ether oxygens (including phenoxy) is 1. The van der Waals surface area contributed by atoms with E-state index in [0.717, 1.165) is 49.7 Å². The monoisotopic (exact) mass is 464 g/mol. The largest absolute Gasteiger partial charge is 0.463 e. The molecule has 0 aromatic carbocycles. The number of carbonyl (C=O) groups is 1. The van der Waals surface area contributed by atoms with Gasteiger partial charge in [-0.3, -0.25) is 10.6 Å². The van der Waals surface area contributed by atoms with Gasteiger partial charge in [-0.1, -0.05) is 27.2 Å². The van der Waals surface area contributed by atoms with Crippen molar-refractivity contribution in [3.8, 4) is 0 Å². The molecule has 7 unspecified atom stereocenters. The molecule has 3 rings (SSSR count). The smallest absolute Gasteiger partial charge is 0.306 e. The summed E-state index contributed by atoms with van der Waals surface area (Å²) < 4.78 is 5.43. The number of fused-ring (bicyclic) bond motifs is 3. The van der Waals surface area contributed by atoms with Crippen LogP contribution >= 0.6 is 0 Å². The zero-order valence-electron chi connectivity index (χ0n) is 22.1. The Morgan fingerprint density at radius 3 is 2.52 bits per heavy atom. The lowest BCUT2D eigenvalue weighted by atomic mass is 9.46. The van der Waals surface area contributed by atoms with Crippen molar-refractivity contribution in [2.75, 3.05) is 19.6 Å². The molecule has 0 heterocycles. The van der Waals surface area contributed by atoms with E-state index in [4.69, 9.17) is 10.6 Å². The van der Waals surface area contributed by atoms with E-state index in [0.29, 0.717) is 23.2 Å². The lowest BCUT2D eigenvalue weighted by Gasteiger charge is -2.59. The number of hydrogen-bond acceptors (Lipinski definition) is 6. The van der Waals surface area contributed by atoms with Crippen molar-refractivity contribution >= 4 is 5.97 Å². The summed E-state index contributed by atoms with van der Waals surface area (Å²) in [7, 11) is 0. The molecule has 3 saturated carbocycles. The van der Waals surface area contributed by atoms with E-state index in [1.807, 2.05) is 13.8 Å². The molecule has 0 radical (unpaired) electrons. The van der Waals surface area contributed by atoms with Gasteiger partial charge in [-0.05, 0) is 112 Å². The number of rotatable bonds is 12. The molecule has 33 heavy (non-hydrogen) atoms. The van der Waals surface area contributed by atoms with Crippen molar-refractivity contribution in [3.05, 3.63) is 0 Å². The SMILES string of the molecule is CCCC1(C)C(CNCCNNN)CCC2C3CCC(CCC(=O)OC(C)C)C3(C)CCC21. The molecule has 0 aromatic rings. The van der Waals surface area contributed by atoms with Crippen LogP contribution in [0.25, 0.3) is 0 Å². The van der Waals surface area contributed by atoms with E-state index in [1.54, 1.807) is 0 Å². The third kappa shape index (κ3) is 5.94. The molecule has 0 bridgehead atoms. The molecular formula is C27H52N4O2. The minimum absolute atomic E-state index is 0.00522. The van der Waals surface area contributed by atoms with Crippen LogP contribution in [-0.2, 0) is 9.53 Å². The maximum Gasteiger partial charge on any atom is 0.306 e. The highest BCUT2D eigenvalue weighted by Crippen LogP contribution is 2.66. The first kappa shape index (κ1) is 26.9. The van der Waals surface area contributed by atoms with E-state index in [9.17, 15) is 4.79 Å². The van der Waals surface area contributed by atoms with Gasteiger partial charge in [0.1, 0.15) is 0 Å². The minimum atomic E-state index is -0.00768. The van der Waals surface area contributed by atoms with E-state index in [2.05, 4.69) is 37.0 Å². The van der Waals surface area contributed by atoms with Crippen LogP contribution in [0.15, 0.2) is 0 Å².